The first-order valence-corrected chi connectivity index (χ1v) is 12.1. The van der Waals surface area contributed by atoms with Gasteiger partial charge in [0.2, 0.25) is 11.8 Å². The second kappa shape index (κ2) is 10.8. The summed E-state index contributed by atoms with van der Waals surface area (Å²) >= 11 is 0. The molecule has 1 atom stereocenters. The first kappa shape index (κ1) is 23.2. The molecule has 9 heteroatoms. The molecular weight excluding hydrogens is 422 g/mol. The molecule has 2 N–H and O–H groups in total. The number of anilines is 1. The molecule has 2 heterocycles. The van der Waals surface area contributed by atoms with Gasteiger partial charge in [-0.05, 0) is 37.1 Å². The van der Waals surface area contributed by atoms with Gasteiger partial charge >= 0.3 is 6.03 Å². The van der Waals surface area contributed by atoms with Crippen LogP contribution in [0.1, 0.15) is 38.5 Å². The van der Waals surface area contributed by atoms with Crippen LogP contribution in [-0.2, 0) is 9.59 Å². The molecule has 33 heavy (non-hydrogen) atoms. The number of ether oxygens (including phenoxy) is 1. The number of nitrogens with zero attached hydrogens (tertiary/aromatic N) is 3. The Morgan fingerprint density at radius 3 is 2.39 bits per heavy atom. The predicted molar refractivity (Wildman–Crippen MR) is 125 cm³/mol. The number of benzene rings is 1. The molecular formula is C24H35N5O4. The van der Waals surface area contributed by atoms with E-state index in [1.807, 2.05) is 24.3 Å². The lowest BCUT2D eigenvalue weighted by Crippen LogP contribution is -2.61. The minimum atomic E-state index is -0.755. The van der Waals surface area contributed by atoms with Crippen molar-refractivity contribution >= 4 is 23.5 Å². The third-order valence-corrected chi connectivity index (χ3v) is 6.96. The van der Waals surface area contributed by atoms with Crippen LogP contribution in [0.3, 0.4) is 0 Å². The van der Waals surface area contributed by atoms with Gasteiger partial charge in [-0.3, -0.25) is 9.59 Å². The summed E-state index contributed by atoms with van der Waals surface area (Å²) in [5.74, 6) is 0.488. The van der Waals surface area contributed by atoms with Gasteiger partial charge in [0, 0.05) is 51.0 Å². The van der Waals surface area contributed by atoms with E-state index in [9.17, 15) is 14.4 Å². The molecule has 180 valence electrons. The molecule has 1 saturated carbocycles. The van der Waals surface area contributed by atoms with Crippen LogP contribution in [0.5, 0.6) is 5.75 Å². The SMILES string of the molecule is COc1ccc(N2CCN(C(=O)C[C@@H]3C(=O)NCCN3C(=O)NC3CCCCC3)CC2)cc1. The number of piperazine rings is 2. The van der Waals surface area contributed by atoms with Gasteiger partial charge in [-0.15, -0.1) is 0 Å². The fourth-order valence-electron chi connectivity index (χ4n) is 4.97. The first-order valence-electron chi connectivity index (χ1n) is 12.1. The largest absolute Gasteiger partial charge is 0.497 e. The molecule has 1 aromatic rings. The van der Waals surface area contributed by atoms with Crippen LogP contribution in [0, 0.1) is 0 Å². The van der Waals surface area contributed by atoms with Gasteiger partial charge in [-0.2, -0.15) is 0 Å². The number of carbonyl (C=O) groups excluding carboxylic acids is 3. The predicted octanol–water partition coefficient (Wildman–Crippen LogP) is 1.58. The second-order valence-electron chi connectivity index (χ2n) is 9.05. The fourth-order valence-corrected chi connectivity index (χ4v) is 4.97. The first-order chi connectivity index (χ1) is 16.0. The molecule has 1 aromatic carbocycles. The summed E-state index contributed by atoms with van der Waals surface area (Å²) in [4.78, 5) is 44.2. The molecule has 9 nitrogen and oxygen atoms in total. The highest BCUT2D eigenvalue weighted by molar-refractivity contribution is 5.92. The van der Waals surface area contributed by atoms with Crippen molar-refractivity contribution in [1.82, 2.24) is 20.4 Å². The van der Waals surface area contributed by atoms with Crippen LogP contribution in [0.25, 0.3) is 0 Å². The zero-order valence-corrected chi connectivity index (χ0v) is 19.4. The zero-order chi connectivity index (χ0) is 23.2. The van der Waals surface area contributed by atoms with E-state index in [0.717, 1.165) is 50.2 Å². The molecule has 3 fully saturated rings. The highest BCUT2D eigenvalue weighted by Crippen LogP contribution is 2.22. The van der Waals surface area contributed by atoms with Gasteiger partial charge in [-0.1, -0.05) is 19.3 Å². The number of urea groups is 1. The number of hydrogen-bond acceptors (Lipinski definition) is 5. The zero-order valence-electron chi connectivity index (χ0n) is 19.4. The summed E-state index contributed by atoms with van der Waals surface area (Å²) in [6.45, 7) is 3.47. The minimum absolute atomic E-state index is 0.0203. The van der Waals surface area contributed by atoms with E-state index in [0.29, 0.717) is 26.2 Å². The Morgan fingerprint density at radius 2 is 1.73 bits per heavy atom. The fraction of sp³-hybridized carbons (Fsp3) is 0.625. The Labute approximate surface area is 195 Å². The van der Waals surface area contributed by atoms with Crippen LogP contribution in [-0.4, -0.2) is 86.1 Å². The lowest BCUT2D eigenvalue weighted by Gasteiger charge is -2.39. The van der Waals surface area contributed by atoms with E-state index >= 15 is 0 Å². The summed E-state index contributed by atoms with van der Waals surface area (Å²) in [6.07, 6.45) is 5.43. The molecule has 3 aliphatic rings. The van der Waals surface area contributed by atoms with E-state index in [1.165, 1.54) is 6.42 Å². The molecule has 4 rings (SSSR count). The lowest BCUT2D eigenvalue weighted by atomic mass is 9.95. The summed E-state index contributed by atoms with van der Waals surface area (Å²) in [6, 6.07) is 7.09. The van der Waals surface area contributed by atoms with Gasteiger partial charge in [0.1, 0.15) is 11.8 Å². The number of amides is 4. The monoisotopic (exact) mass is 457 g/mol. The van der Waals surface area contributed by atoms with Crippen molar-refractivity contribution in [2.24, 2.45) is 0 Å². The van der Waals surface area contributed by atoms with Crippen molar-refractivity contribution in [3.05, 3.63) is 24.3 Å². The van der Waals surface area contributed by atoms with Gasteiger partial charge < -0.3 is 30.1 Å². The normalized spacial score (nSPS) is 22.0. The van der Waals surface area contributed by atoms with Crippen LogP contribution in [0.4, 0.5) is 10.5 Å². The molecule has 0 aromatic heterocycles. The molecule has 1 aliphatic carbocycles. The van der Waals surface area contributed by atoms with E-state index in [-0.39, 0.29) is 30.3 Å². The van der Waals surface area contributed by atoms with E-state index in [2.05, 4.69) is 15.5 Å². The third-order valence-electron chi connectivity index (χ3n) is 6.96. The smallest absolute Gasteiger partial charge is 0.318 e. The number of carbonyl (C=O) groups is 3. The number of nitrogens with one attached hydrogen (secondary N) is 2. The van der Waals surface area contributed by atoms with Gasteiger partial charge in [-0.25, -0.2) is 4.79 Å². The van der Waals surface area contributed by atoms with E-state index in [1.54, 1.807) is 16.9 Å². The summed E-state index contributed by atoms with van der Waals surface area (Å²) < 4.78 is 5.22. The Hall–Kier alpha value is -2.97. The van der Waals surface area contributed by atoms with E-state index in [4.69, 9.17) is 4.74 Å². The molecule has 2 aliphatic heterocycles. The van der Waals surface area contributed by atoms with Crippen LogP contribution in [0.15, 0.2) is 24.3 Å². The molecule has 0 spiro atoms. The highest BCUT2D eigenvalue weighted by Gasteiger charge is 2.37. The summed E-state index contributed by atoms with van der Waals surface area (Å²) in [5.41, 5.74) is 1.10. The Bertz CT molecular complexity index is 832. The lowest BCUT2D eigenvalue weighted by molar-refractivity contribution is -0.137. The van der Waals surface area contributed by atoms with Crippen molar-refractivity contribution in [2.75, 3.05) is 51.3 Å². The van der Waals surface area contributed by atoms with Crippen molar-refractivity contribution < 1.29 is 19.1 Å². The molecule has 0 bridgehead atoms. The van der Waals surface area contributed by atoms with Crippen molar-refractivity contribution in [2.45, 2.75) is 50.6 Å². The average Bonchev–Trinajstić information content (AvgIpc) is 2.86. The maximum absolute atomic E-state index is 13.0. The highest BCUT2D eigenvalue weighted by atomic mass is 16.5. The summed E-state index contributed by atoms with van der Waals surface area (Å²) in [5, 5.41) is 5.91. The van der Waals surface area contributed by atoms with E-state index < -0.39 is 6.04 Å². The van der Waals surface area contributed by atoms with Crippen LogP contribution >= 0.6 is 0 Å². The van der Waals surface area contributed by atoms with Gasteiger partial charge in [0.15, 0.2) is 0 Å². The van der Waals surface area contributed by atoms with Crippen LogP contribution in [0.2, 0.25) is 0 Å². The molecule has 2 saturated heterocycles. The maximum atomic E-state index is 13.0. The van der Waals surface area contributed by atoms with Crippen molar-refractivity contribution in [3.8, 4) is 5.75 Å². The molecule has 0 unspecified atom stereocenters. The number of rotatable bonds is 5. The Morgan fingerprint density at radius 1 is 1.03 bits per heavy atom. The third kappa shape index (κ3) is 5.69. The topological polar surface area (TPSA) is 94.2 Å². The van der Waals surface area contributed by atoms with Crippen molar-refractivity contribution in [1.29, 1.82) is 0 Å². The Kier molecular flexibility index (Phi) is 7.57. The quantitative estimate of drug-likeness (QED) is 0.700. The maximum Gasteiger partial charge on any atom is 0.318 e. The number of methoxy groups -OCH3 is 1. The molecule has 4 amide bonds. The number of hydrogen-bond donors (Lipinski definition) is 2. The Balaban J connectivity index is 1.31. The van der Waals surface area contributed by atoms with Crippen molar-refractivity contribution in [3.63, 3.8) is 0 Å². The van der Waals surface area contributed by atoms with Crippen LogP contribution < -0.4 is 20.3 Å². The van der Waals surface area contributed by atoms with Gasteiger partial charge in [0.25, 0.3) is 0 Å². The summed E-state index contributed by atoms with van der Waals surface area (Å²) in [7, 11) is 1.65. The molecule has 0 radical (unpaired) electrons. The average molecular weight is 458 g/mol. The second-order valence-corrected chi connectivity index (χ2v) is 9.05. The minimum Gasteiger partial charge on any atom is -0.497 e. The standard InChI is InChI=1S/C24H35N5O4/c1-33-20-9-7-19(8-10-20)27-13-15-28(16-14-27)22(30)17-21-23(31)25-11-12-29(21)24(32)26-18-5-3-2-4-6-18/h7-10,18,21H,2-6,11-17H2,1H3,(H,25,31)(H,26,32)/t21-/m1/s1. The van der Waals surface area contributed by atoms with Gasteiger partial charge in [0.05, 0.1) is 13.5 Å².